The molecule has 2 atom stereocenters. The molecule has 0 bridgehead atoms. The zero-order chi connectivity index (χ0) is 14.2. The van der Waals surface area contributed by atoms with Crippen molar-refractivity contribution in [1.29, 1.82) is 0 Å². The summed E-state index contributed by atoms with van der Waals surface area (Å²) < 4.78 is 6.12. The average molecular weight is 270 g/mol. The second-order valence-electron chi connectivity index (χ2n) is 5.15. The van der Waals surface area contributed by atoms with E-state index in [-0.39, 0.29) is 12.7 Å². The summed E-state index contributed by atoms with van der Waals surface area (Å²) in [5.74, 6) is 1.19. The van der Waals surface area contributed by atoms with Crippen molar-refractivity contribution in [2.45, 2.75) is 25.9 Å². The van der Waals surface area contributed by atoms with Crippen molar-refractivity contribution in [3.8, 4) is 5.75 Å². The van der Waals surface area contributed by atoms with E-state index in [1.54, 1.807) is 0 Å². The Morgan fingerprint density at radius 3 is 2.15 bits per heavy atom. The van der Waals surface area contributed by atoms with Crippen molar-refractivity contribution in [2.24, 2.45) is 5.92 Å². The molecule has 0 amide bonds. The molecule has 0 spiro atoms. The Morgan fingerprint density at radius 2 is 1.55 bits per heavy atom. The van der Waals surface area contributed by atoms with Crippen LogP contribution in [0, 0.1) is 5.92 Å². The molecule has 20 heavy (non-hydrogen) atoms. The quantitative estimate of drug-likeness (QED) is 0.831. The summed E-state index contributed by atoms with van der Waals surface area (Å²) in [6.07, 6.45) is 1.69. The van der Waals surface area contributed by atoms with Gasteiger partial charge in [0.1, 0.15) is 11.9 Å². The summed E-state index contributed by atoms with van der Waals surface area (Å²) in [7, 11) is 0. The van der Waals surface area contributed by atoms with Gasteiger partial charge in [0.25, 0.3) is 0 Å². The highest BCUT2D eigenvalue weighted by Gasteiger charge is 2.19. The lowest BCUT2D eigenvalue weighted by atomic mass is 9.95. The third-order valence-electron chi connectivity index (χ3n) is 3.53. The Morgan fingerprint density at radius 1 is 0.950 bits per heavy atom. The smallest absolute Gasteiger partial charge is 0.119 e. The number of para-hydroxylation sites is 1. The fraction of sp³-hybridized carbons (Fsp3) is 0.333. The lowest BCUT2D eigenvalue weighted by Gasteiger charge is -2.25. The van der Waals surface area contributed by atoms with Crippen LogP contribution in [0.1, 0.15) is 18.9 Å². The van der Waals surface area contributed by atoms with Crippen molar-refractivity contribution in [3.05, 3.63) is 66.2 Å². The molecule has 1 N–H and O–H groups in total. The Kier molecular flexibility index (Phi) is 5.63. The zero-order valence-corrected chi connectivity index (χ0v) is 11.9. The number of aliphatic hydroxyl groups is 1. The van der Waals surface area contributed by atoms with Crippen LogP contribution in [0.3, 0.4) is 0 Å². The van der Waals surface area contributed by atoms with Crippen LogP contribution in [0.5, 0.6) is 5.75 Å². The first-order valence-electron chi connectivity index (χ1n) is 7.16. The first-order chi connectivity index (χ1) is 9.79. The van der Waals surface area contributed by atoms with Crippen LogP contribution < -0.4 is 4.74 Å². The highest BCUT2D eigenvalue weighted by molar-refractivity contribution is 5.22. The Hall–Kier alpha value is -1.80. The number of hydrogen-bond donors (Lipinski definition) is 1. The van der Waals surface area contributed by atoms with Crippen LogP contribution in [-0.4, -0.2) is 17.8 Å². The summed E-state index contributed by atoms with van der Waals surface area (Å²) in [4.78, 5) is 0. The summed E-state index contributed by atoms with van der Waals surface area (Å²) >= 11 is 0. The minimum atomic E-state index is 0.0759. The van der Waals surface area contributed by atoms with Crippen molar-refractivity contribution in [1.82, 2.24) is 0 Å². The van der Waals surface area contributed by atoms with Gasteiger partial charge in [0, 0.05) is 13.0 Å². The van der Waals surface area contributed by atoms with E-state index < -0.39 is 0 Å². The maximum absolute atomic E-state index is 9.16. The van der Waals surface area contributed by atoms with Gasteiger partial charge in [-0.25, -0.2) is 0 Å². The number of rotatable bonds is 7. The molecule has 0 aromatic heterocycles. The Labute approximate surface area is 121 Å². The molecule has 0 aliphatic rings. The fourth-order valence-corrected chi connectivity index (χ4v) is 2.27. The van der Waals surface area contributed by atoms with Crippen LogP contribution in [0.4, 0.5) is 0 Å². The molecule has 2 heteroatoms. The first kappa shape index (κ1) is 14.6. The summed E-state index contributed by atoms with van der Waals surface area (Å²) in [6, 6.07) is 20.2. The molecule has 0 radical (unpaired) electrons. The van der Waals surface area contributed by atoms with Gasteiger partial charge in [0.15, 0.2) is 0 Å². The lowest BCUT2D eigenvalue weighted by Crippen LogP contribution is -2.28. The fourth-order valence-electron chi connectivity index (χ4n) is 2.27. The maximum Gasteiger partial charge on any atom is 0.119 e. The van der Waals surface area contributed by atoms with Crippen molar-refractivity contribution < 1.29 is 9.84 Å². The van der Waals surface area contributed by atoms with Gasteiger partial charge in [-0.3, -0.25) is 0 Å². The average Bonchev–Trinajstić information content (AvgIpc) is 2.49. The van der Waals surface area contributed by atoms with Crippen molar-refractivity contribution in [3.63, 3.8) is 0 Å². The van der Waals surface area contributed by atoms with Crippen LogP contribution >= 0.6 is 0 Å². The van der Waals surface area contributed by atoms with E-state index in [1.165, 1.54) is 5.56 Å². The van der Waals surface area contributed by atoms with Gasteiger partial charge in [-0.2, -0.15) is 0 Å². The lowest BCUT2D eigenvalue weighted by molar-refractivity contribution is 0.121. The maximum atomic E-state index is 9.16. The van der Waals surface area contributed by atoms with Crippen LogP contribution in [0.15, 0.2) is 60.7 Å². The third kappa shape index (κ3) is 4.39. The summed E-state index contributed by atoms with van der Waals surface area (Å²) in [6.45, 7) is 2.33. The van der Waals surface area contributed by atoms with Gasteiger partial charge in [0.2, 0.25) is 0 Å². The molecule has 0 aliphatic heterocycles. The van der Waals surface area contributed by atoms with E-state index in [0.29, 0.717) is 5.92 Å². The third-order valence-corrected chi connectivity index (χ3v) is 3.53. The van der Waals surface area contributed by atoms with E-state index in [2.05, 4.69) is 19.1 Å². The molecular formula is C18H22O2. The Bertz CT molecular complexity index is 440. The van der Waals surface area contributed by atoms with Gasteiger partial charge < -0.3 is 9.84 Å². The number of benzene rings is 2. The monoisotopic (exact) mass is 270 g/mol. The Balaban J connectivity index is 2.08. The first-order valence-corrected chi connectivity index (χ1v) is 7.16. The van der Waals surface area contributed by atoms with Crippen LogP contribution in [-0.2, 0) is 6.42 Å². The molecule has 0 heterocycles. The molecule has 106 valence electrons. The highest BCUT2D eigenvalue weighted by atomic mass is 16.5. The molecule has 2 unspecified atom stereocenters. The SMILES string of the molecule is CC(CCO)C(Cc1ccccc1)Oc1ccccc1. The molecule has 0 fully saturated rings. The number of aliphatic hydroxyl groups excluding tert-OH is 1. The molecule has 0 saturated heterocycles. The minimum absolute atomic E-state index is 0.0759. The van der Waals surface area contributed by atoms with Crippen LogP contribution in [0.2, 0.25) is 0 Å². The molecule has 2 aromatic rings. The van der Waals surface area contributed by atoms with E-state index >= 15 is 0 Å². The molecule has 0 aliphatic carbocycles. The standard InChI is InChI=1S/C18H22O2/c1-15(12-13-19)18(14-16-8-4-2-5-9-16)20-17-10-6-3-7-11-17/h2-11,15,18-19H,12-14H2,1H3. The minimum Gasteiger partial charge on any atom is -0.490 e. The molecular weight excluding hydrogens is 248 g/mol. The van der Waals surface area contributed by atoms with Crippen LogP contribution in [0.25, 0.3) is 0 Å². The number of ether oxygens (including phenoxy) is 1. The summed E-state index contributed by atoms with van der Waals surface area (Å²) in [5.41, 5.74) is 1.26. The van der Waals surface area contributed by atoms with Crippen molar-refractivity contribution in [2.75, 3.05) is 6.61 Å². The largest absolute Gasteiger partial charge is 0.490 e. The van der Waals surface area contributed by atoms with Gasteiger partial charge in [-0.1, -0.05) is 55.5 Å². The van der Waals surface area contributed by atoms with E-state index in [4.69, 9.17) is 9.84 Å². The molecule has 0 saturated carbocycles. The van der Waals surface area contributed by atoms with Gasteiger partial charge >= 0.3 is 0 Å². The second kappa shape index (κ2) is 7.71. The normalized spacial score (nSPS) is 13.7. The van der Waals surface area contributed by atoms with Gasteiger partial charge in [0.05, 0.1) is 0 Å². The molecule has 2 aromatic carbocycles. The molecule has 2 rings (SSSR count). The number of hydrogen-bond acceptors (Lipinski definition) is 2. The van der Waals surface area contributed by atoms with E-state index in [9.17, 15) is 0 Å². The predicted molar refractivity (Wildman–Crippen MR) is 81.9 cm³/mol. The second-order valence-corrected chi connectivity index (χ2v) is 5.15. The van der Waals surface area contributed by atoms with E-state index in [1.807, 2.05) is 48.5 Å². The summed E-state index contributed by atoms with van der Waals surface area (Å²) in [5, 5.41) is 9.16. The highest BCUT2D eigenvalue weighted by Crippen LogP contribution is 2.20. The topological polar surface area (TPSA) is 29.5 Å². The zero-order valence-electron chi connectivity index (χ0n) is 11.9. The van der Waals surface area contributed by atoms with Gasteiger partial charge in [-0.15, -0.1) is 0 Å². The molecule has 2 nitrogen and oxygen atoms in total. The van der Waals surface area contributed by atoms with Gasteiger partial charge in [-0.05, 0) is 30.0 Å². The van der Waals surface area contributed by atoms with E-state index in [0.717, 1.165) is 18.6 Å². The predicted octanol–water partition coefficient (Wildman–Crippen LogP) is 3.70. The van der Waals surface area contributed by atoms with Crippen molar-refractivity contribution >= 4 is 0 Å².